The molecule has 0 spiro atoms. The van der Waals surface area contributed by atoms with E-state index >= 15 is 0 Å². The van der Waals surface area contributed by atoms with Crippen molar-refractivity contribution in [3.8, 4) is 11.3 Å². The maximum absolute atomic E-state index is 13.6. The highest BCUT2D eigenvalue weighted by molar-refractivity contribution is 6.17. The van der Waals surface area contributed by atoms with Gasteiger partial charge in [-0.25, -0.2) is 22.0 Å². The number of alkyl halides is 1. The van der Waals surface area contributed by atoms with Crippen LogP contribution in [0.25, 0.3) is 11.3 Å². The van der Waals surface area contributed by atoms with Crippen molar-refractivity contribution >= 4 is 17.3 Å². The summed E-state index contributed by atoms with van der Waals surface area (Å²) in [6, 6.07) is 1.07. The summed E-state index contributed by atoms with van der Waals surface area (Å²) >= 11 is 5.56. The Balaban J connectivity index is 2.76. The molecule has 106 valence electrons. The van der Waals surface area contributed by atoms with Crippen LogP contribution >= 0.6 is 11.6 Å². The summed E-state index contributed by atoms with van der Waals surface area (Å²) in [6.45, 7) is 0. The third kappa shape index (κ3) is 2.18. The molecule has 2 rings (SSSR count). The quantitative estimate of drug-likeness (QED) is 0.397. The molecule has 2 nitrogen and oxygen atoms in total. The predicted octanol–water partition coefficient (Wildman–Crippen LogP) is 3.77. The highest BCUT2D eigenvalue weighted by Gasteiger charge is 2.27. The van der Waals surface area contributed by atoms with Crippen molar-refractivity contribution in [2.24, 2.45) is 0 Å². The number of aromatic nitrogens is 1. The van der Waals surface area contributed by atoms with Crippen LogP contribution in [0.1, 0.15) is 5.56 Å². The molecule has 0 amide bonds. The van der Waals surface area contributed by atoms with Gasteiger partial charge in [0.05, 0.1) is 23.1 Å². The second-order valence-corrected chi connectivity index (χ2v) is 4.11. The summed E-state index contributed by atoms with van der Waals surface area (Å²) in [4.78, 5) is 3.57. The molecular weight excluding hydrogens is 303 g/mol. The number of rotatable bonds is 2. The van der Waals surface area contributed by atoms with Gasteiger partial charge in [0.2, 0.25) is 5.82 Å². The molecule has 0 unspecified atom stereocenters. The second-order valence-electron chi connectivity index (χ2n) is 3.85. The zero-order valence-corrected chi connectivity index (χ0v) is 10.4. The van der Waals surface area contributed by atoms with Crippen LogP contribution in [0.15, 0.2) is 12.3 Å². The Hall–Kier alpha value is -1.89. The molecule has 0 saturated carbocycles. The first-order valence-electron chi connectivity index (χ1n) is 5.20. The van der Waals surface area contributed by atoms with Crippen LogP contribution in [0, 0.1) is 29.1 Å². The molecular formula is C12H6ClF5N2. The van der Waals surface area contributed by atoms with Gasteiger partial charge < -0.3 is 5.73 Å². The smallest absolute Gasteiger partial charge is 0.200 e. The second kappa shape index (κ2) is 5.24. The van der Waals surface area contributed by atoms with Crippen LogP contribution in [0.4, 0.5) is 27.6 Å². The van der Waals surface area contributed by atoms with Crippen LogP contribution in [0.3, 0.4) is 0 Å². The number of halogens is 6. The lowest BCUT2D eigenvalue weighted by Gasteiger charge is -2.09. The van der Waals surface area contributed by atoms with Gasteiger partial charge in [-0.1, -0.05) is 0 Å². The van der Waals surface area contributed by atoms with Gasteiger partial charge in [0.25, 0.3) is 0 Å². The van der Waals surface area contributed by atoms with Crippen LogP contribution in [-0.2, 0) is 5.88 Å². The van der Waals surface area contributed by atoms with Crippen molar-refractivity contribution in [3.63, 3.8) is 0 Å². The molecule has 0 bridgehead atoms. The van der Waals surface area contributed by atoms with E-state index in [1.807, 2.05) is 0 Å². The Kier molecular flexibility index (Phi) is 3.80. The zero-order valence-electron chi connectivity index (χ0n) is 9.65. The number of nitrogen functional groups attached to an aromatic ring is 1. The fraction of sp³-hybridized carbons (Fsp3) is 0.0833. The number of benzene rings is 1. The largest absolute Gasteiger partial charge is 0.397 e. The third-order valence-electron chi connectivity index (χ3n) is 2.63. The summed E-state index contributed by atoms with van der Waals surface area (Å²) in [6.07, 6.45) is 1.03. The van der Waals surface area contributed by atoms with Gasteiger partial charge in [-0.15, -0.1) is 11.6 Å². The Morgan fingerprint density at radius 1 is 0.950 bits per heavy atom. The van der Waals surface area contributed by atoms with E-state index in [1.165, 1.54) is 0 Å². The van der Waals surface area contributed by atoms with Crippen molar-refractivity contribution in [1.29, 1.82) is 0 Å². The summed E-state index contributed by atoms with van der Waals surface area (Å²) < 4.78 is 66.4. The maximum Gasteiger partial charge on any atom is 0.200 e. The van der Waals surface area contributed by atoms with E-state index in [-0.39, 0.29) is 17.1 Å². The van der Waals surface area contributed by atoms with Gasteiger partial charge >= 0.3 is 0 Å². The summed E-state index contributed by atoms with van der Waals surface area (Å²) in [5.74, 6) is -10.3. The highest BCUT2D eigenvalue weighted by Crippen LogP contribution is 2.31. The minimum atomic E-state index is -2.23. The number of hydrogen-bond acceptors (Lipinski definition) is 2. The van der Waals surface area contributed by atoms with Crippen molar-refractivity contribution in [2.45, 2.75) is 5.88 Å². The lowest BCUT2D eigenvalue weighted by Crippen LogP contribution is -2.05. The number of nitrogens with two attached hydrogens (primary N) is 1. The number of anilines is 1. The molecule has 2 N–H and O–H groups in total. The van der Waals surface area contributed by atoms with Crippen LogP contribution in [0.5, 0.6) is 0 Å². The lowest BCUT2D eigenvalue weighted by atomic mass is 10.1. The fourth-order valence-electron chi connectivity index (χ4n) is 1.59. The first-order chi connectivity index (χ1) is 9.38. The zero-order chi connectivity index (χ0) is 15.0. The van der Waals surface area contributed by atoms with Crippen LogP contribution in [-0.4, -0.2) is 4.98 Å². The first-order valence-corrected chi connectivity index (χ1v) is 5.74. The van der Waals surface area contributed by atoms with E-state index in [0.29, 0.717) is 0 Å². The van der Waals surface area contributed by atoms with Gasteiger partial charge in [-0.2, -0.15) is 0 Å². The Morgan fingerprint density at radius 2 is 1.45 bits per heavy atom. The SMILES string of the molecule is Nc1cnc(-c2c(F)c(F)c(F)c(F)c2F)cc1CCl. The molecule has 2 aromatic rings. The third-order valence-corrected chi connectivity index (χ3v) is 2.92. The van der Waals surface area contributed by atoms with Crippen LogP contribution < -0.4 is 5.73 Å². The number of hydrogen-bond donors (Lipinski definition) is 1. The lowest BCUT2D eigenvalue weighted by molar-refractivity contribution is 0.381. The normalized spacial score (nSPS) is 10.9. The van der Waals surface area contributed by atoms with Crippen molar-refractivity contribution in [2.75, 3.05) is 5.73 Å². The standard InChI is InChI=1S/C12H6ClF5N2/c13-2-4-1-6(20-3-5(4)19)7-8(14)10(16)12(18)11(17)9(7)15/h1,3H,2,19H2. The summed E-state index contributed by atoms with van der Waals surface area (Å²) in [5.41, 5.74) is 4.35. The van der Waals surface area contributed by atoms with Gasteiger partial charge in [0.1, 0.15) is 0 Å². The van der Waals surface area contributed by atoms with Crippen molar-refractivity contribution < 1.29 is 22.0 Å². The molecule has 20 heavy (non-hydrogen) atoms. The molecule has 0 saturated heterocycles. The molecule has 0 aliphatic rings. The molecule has 0 radical (unpaired) electrons. The average molecular weight is 309 g/mol. The Morgan fingerprint density at radius 3 is 1.95 bits per heavy atom. The average Bonchev–Trinajstić information content (AvgIpc) is 2.45. The molecule has 0 atom stereocenters. The van der Waals surface area contributed by atoms with Gasteiger partial charge in [-0.3, -0.25) is 4.98 Å². The monoisotopic (exact) mass is 308 g/mol. The van der Waals surface area contributed by atoms with Crippen molar-refractivity contribution in [3.05, 3.63) is 46.9 Å². The molecule has 0 aliphatic carbocycles. The molecule has 0 aliphatic heterocycles. The minimum Gasteiger partial charge on any atom is -0.397 e. The molecule has 0 fully saturated rings. The van der Waals surface area contributed by atoms with E-state index in [1.54, 1.807) is 0 Å². The Bertz CT molecular complexity index is 661. The van der Waals surface area contributed by atoms with E-state index < -0.39 is 40.3 Å². The van der Waals surface area contributed by atoms with Gasteiger partial charge in [-0.05, 0) is 11.6 Å². The minimum absolute atomic E-state index is 0.100. The van der Waals surface area contributed by atoms with Crippen LogP contribution in [0.2, 0.25) is 0 Å². The predicted molar refractivity (Wildman–Crippen MR) is 63.4 cm³/mol. The first kappa shape index (κ1) is 14.5. The number of pyridine rings is 1. The van der Waals surface area contributed by atoms with E-state index in [9.17, 15) is 22.0 Å². The van der Waals surface area contributed by atoms with E-state index in [4.69, 9.17) is 17.3 Å². The van der Waals surface area contributed by atoms with Gasteiger partial charge in [0, 0.05) is 5.88 Å². The number of nitrogens with zero attached hydrogens (tertiary/aromatic N) is 1. The van der Waals surface area contributed by atoms with Crippen molar-refractivity contribution in [1.82, 2.24) is 4.98 Å². The highest BCUT2D eigenvalue weighted by atomic mass is 35.5. The van der Waals surface area contributed by atoms with E-state index in [0.717, 1.165) is 12.3 Å². The fourth-order valence-corrected chi connectivity index (χ4v) is 1.82. The summed E-state index contributed by atoms with van der Waals surface area (Å²) in [7, 11) is 0. The van der Waals surface area contributed by atoms with E-state index in [2.05, 4.69) is 4.98 Å². The Labute approximate surface area is 115 Å². The molecule has 1 aromatic heterocycles. The topological polar surface area (TPSA) is 38.9 Å². The summed E-state index contributed by atoms with van der Waals surface area (Å²) in [5, 5.41) is 0. The maximum atomic E-state index is 13.6. The molecule has 1 aromatic carbocycles. The molecule has 8 heteroatoms. The van der Waals surface area contributed by atoms with Gasteiger partial charge in [0.15, 0.2) is 23.3 Å². The molecule has 1 heterocycles.